The summed E-state index contributed by atoms with van der Waals surface area (Å²) in [4.78, 5) is 0. The van der Waals surface area contributed by atoms with Gasteiger partial charge in [-0.3, -0.25) is 0 Å². The molecule has 4 aromatic rings. The van der Waals surface area contributed by atoms with E-state index in [0.717, 1.165) is 11.8 Å². The van der Waals surface area contributed by atoms with Crippen LogP contribution in [0.1, 0.15) is 140 Å². The Kier molecular flexibility index (Phi) is 20.1. The Hall–Kier alpha value is -3.92. The molecule has 0 N–H and O–H groups in total. The van der Waals surface area contributed by atoms with E-state index in [0.29, 0.717) is 36.2 Å². The van der Waals surface area contributed by atoms with Crippen molar-refractivity contribution in [2.75, 3.05) is 52.9 Å². The third-order valence-corrected chi connectivity index (χ3v) is 13.3. The van der Waals surface area contributed by atoms with E-state index < -0.39 is 23.3 Å². The van der Waals surface area contributed by atoms with Gasteiger partial charge < -0.3 is 23.7 Å². The van der Waals surface area contributed by atoms with Gasteiger partial charge in [0.1, 0.15) is 13.2 Å². The van der Waals surface area contributed by atoms with Crippen LogP contribution >= 0.6 is 0 Å². The Bertz CT molecular complexity index is 1780. The molecule has 5 nitrogen and oxygen atoms in total. The second-order valence-electron chi connectivity index (χ2n) is 17.7. The topological polar surface area (TPSA) is 46.2 Å². The molecule has 2 saturated carbocycles. The van der Waals surface area contributed by atoms with Crippen LogP contribution in [0.25, 0.3) is 22.3 Å². The maximum absolute atomic E-state index is 15.1. The normalized spacial score (nSPS) is 19.0. The Morgan fingerprint density at radius 1 is 0.397 bits per heavy atom. The van der Waals surface area contributed by atoms with Crippen LogP contribution in [0.5, 0.6) is 11.5 Å². The zero-order valence-corrected chi connectivity index (χ0v) is 37.8. The number of rotatable bonds is 26. The SMILES string of the molecule is CCCCCC1CCC(c2ccc(-c3ccc(OCCOCCOCCOCCOc4ccc(-c5ccc(C6CCC(CCCCC)CC6)cc5)c(F)c4F)c(F)c3F)cc2)CC1. The molecule has 6 rings (SSSR count). The third kappa shape index (κ3) is 14.5. The predicted octanol–water partition coefficient (Wildman–Crippen LogP) is 14.8. The first-order chi connectivity index (χ1) is 30.9. The van der Waals surface area contributed by atoms with Crippen molar-refractivity contribution in [2.45, 2.75) is 128 Å². The van der Waals surface area contributed by atoms with E-state index in [1.54, 1.807) is 12.1 Å². The van der Waals surface area contributed by atoms with Gasteiger partial charge in [-0.05, 0) is 122 Å². The van der Waals surface area contributed by atoms with E-state index in [1.807, 2.05) is 24.3 Å². The van der Waals surface area contributed by atoms with Gasteiger partial charge in [-0.15, -0.1) is 0 Å². The minimum Gasteiger partial charge on any atom is -0.488 e. The summed E-state index contributed by atoms with van der Waals surface area (Å²) in [6, 6.07) is 21.9. The molecule has 9 heteroatoms. The molecule has 0 saturated heterocycles. The Labute approximate surface area is 374 Å². The highest BCUT2D eigenvalue weighted by Crippen LogP contribution is 2.40. The molecule has 2 aliphatic rings. The molecule has 0 unspecified atom stereocenters. The van der Waals surface area contributed by atoms with Crippen LogP contribution < -0.4 is 9.47 Å². The molecule has 0 aromatic heterocycles. The number of hydrogen-bond donors (Lipinski definition) is 0. The van der Waals surface area contributed by atoms with Crippen LogP contribution in [-0.4, -0.2) is 52.9 Å². The van der Waals surface area contributed by atoms with Crippen LogP contribution in [0.15, 0.2) is 72.8 Å². The monoisotopic (exact) mass is 875 g/mol. The maximum Gasteiger partial charge on any atom is 0.201 e. The summed E-state index contributed by atoms with van der Waals surface area (Å²) in [7, 11) is 0. The summed E-state index contributed by atoms with van der Waals surface area (Å²) in [6.45, 7) is 6.11. The second-order valence-corrected chi connectivity index (χ2v) is 17.7. The average Bonchev–Trinajstić information content (AvgIpc) is 3.31. The smallest absolute Gasteiger partial charge is 0.201 e. The zero-order valence-electron chi connectivity index (χ0n) is 37.8. The third-order valence-electron chi connectivity index (χ3n) is 13.3. The molecule has 4 aromatic carbocycles. The summed E-state index contributed by atoms with van der Waals surface area (Å²) >= 11 is 0. The van der Waals surface area contributed by atoms with Crippen molar-refractivity contribution < 1.29 is 41.2 Å². The molecule has 0 aliphatic heterocycles. The number of halogens is 4. The second kappa shape index (κ2) is 26.1. The number of unbranched alkanes of at least 4 members (excludes halogenated alkanes) is 4. The van der Waals surface area contributed by atoms with E-state index in [1.165, 1.54) is 126 Å². The minimum atomic E-state index is -1.02. The largest absolute Gasteiger partial charge is 0.488 e. The highest BCUT2D eigenvalue weighted by atomic mass is 19.2. The molecule has 0 heterocycles. The van der Waals surface area contributed by atoms with Crippen molar-refractivity contribution in [1.29, 1.82) is 0 Å². The summed E-state index contributed by atoms with van der Waals surface area (Å²) in [5, 5.41) is 0. The first-order valence-electron chi connectivity index (χ1n) is 24.0. The van der Waals surface area contributed by atoms with Gasteiger partial charge >= 0.3 is 0 Å². The Balaban J connectivity index is 0.798. The molecule has 0 radical (unpaired) electrons. The van der Waals surface area contributed by atoms with E-state index in [2.05, 4.69) is 38.1 Å². The van der Waals surface area contributed by atoms with Gasteiger partial charge in [0.15, 0.2) is 23.1 Å². The van der Waals surface area contributed by atoms with Crippen LogP contribution in [0, 0.1) is 35.1 Å². The number of hydrogen-bond acceptors (Lipinski definition) is 5. The van der Waals surface area contributed by atoms with Crippen LogP contribution in [0.4, 0.5) is 17.6 Å². The van der Waals surface area contributed by atoms with Gasteiger partial charge in [-0.1, -0.05) is 114 Å². The van der Waals surface area contributed by atoms with Crippen molar-refractivity contribution in [3.63, 3.8) is 0 Å². The lowest BCUT2D eigenvalue weighted by Crippen LogP contribution is -2.14. The van der Waals surface area contributed by atoms with Crippen molar-refractivity contribution in [2.24, 2.45) is 11.8 Å². The van der Waals surface area contributed by atoms with Gasteiger partial charge in [0.25, 0.3) is 0 Å². The first kappa shape index (κ1) is 48.5. The molecule has 2 aliphatic carbocycles. The molecular weight excluding hydrogens is 805 g/mol. The van der Waals surface area contributed by atoms with Gasteiger partial charge in [-0.2, -0.15) is 8.78 Å². The standard InChI is InChI=1S/C54H70F4O5/c1-3-5-7-9-39-11-15-41(16-12-39)43-19-23-45(24-20-43)47-27-29-49(53(57)51(47)55)62-37-35-60-33-31-59-32-34-61-36-38-63-50-30-28-48(52(56)54(50)58)46-25-21-44(22-26-46)42-17-13-40(14-18-42)10-8-6-4-2/h19-30,39-42H,3-18,31-38H2,1-2H3. The van der Waals surface area contributed by atoms with E-state index >= 15 is 8.78 Å². The number of benzene rings is 4. The lowest BCUT2D eigenvalue weighted by Gasteiger charge is -2.29. The quantitative estimate of drug-likeness (QED) is 0.0465. The van der Waals surface area contributed by atoms with Crippen molar-refractivity contribution in [1.82, 2.24) is 0 Å². The van der Waals surface area contributed by atoms with Crippen LogP contribution in [0.2, 0.25) is 0 Å². The number of ether oxygens (including phenoxy) is 5. The highest BCUT2D eigenvalue weighted by Gasteiger charge is 2.24. The van der Waals surface area contributed by atoms with E-state index in [4.69, 9.17) is 23.7 Å². The van der Waals surface area contributed by atoms with Crippen LogP contribution in [-0.2, 0) is 14.2 Å². The van der Waals surface area contributed by atoms with Crippen molar-refractivity contribution in [3.05, 3.63) is 107 Å². The van der Waals surface area contributed by atoms with Gasteiger partial charge in [-0.25, -0.2) is 8.78 Å². The average molecular weight is 875 g/mol. The maximum atomic E-state index is 15.1. The molecule has 63 heavy (non-hydrogen) atoms. The molecule has 2 fully saturated rings. The van der Waals surface area contributed by atoms with E-state index in [-0.39, 0.29) is 62.3 Å². The lowest BCUT2D eigenvalue weighted by molar-refractivity contribution is 0.00462. The summed E-state index contributed by atoms with van der Waals surface area (Å²) in [5.41, 5.74) is 4.25. The van der Waals surface area contributed by atoms with Gasteiger partial charge in [0.2, 0.25) is 11.6 Å². The molecule has 0 bridgehead atoms. The molecule has 0 spiro atoms. The Morgan fingerprint density at radius 3 is 1.10 bits per heavy atom. The highest BCUT2D eigenvalue weighted by molar-refractivity contribution is 5.66. The van der Waals surface area contributed by atoms with Crippen molar-refractivity contribution >= 4 is 0 Å². The van der Waals surface area contributed by atoms with E-state index in [9.17, 15) is 8.78 Å². The van der Waals surface area contributed by atoms with Crippen molar-refractivity contribution in [3.8, 4) is 33.8 Å². The molecule has 0 amide bonds. The summed E-state index contributed by atoms with van der Waals surface area (Å²) in [5.74, 6) is -1.45. The molecular formula is C54H70F4O5. The first-order valence-corrected chi connectivity index (χ1v) is 24.0. The van der Waals surface area contributed by atoms with Gasteiger partial charge in [0.05, 0.1) is 39.6 Å². The molecule has 344 valence electrons. The predicted molar refractivity (Wildman–Crippen MR) is 245 cm³/mol. The Morgan fingerprint density at radius 2 is 0.746 bits per heavy atom. The summed E-state index contributed by atoms with van der Waals surface area (Å²) in [6.07, 6.45) is 20.4. The fourth-order valence-electron chi connectivity index (χ4n) is 9.50. The summed E-state index contributed by atoms with van der Waals surface area (Å²) < 4.78 is 87.7. The zero-order chi connectivity index (χ0) is 44.2. The lowest BCUT2D eigenvalue weighted by atomic mass is 9.77. The fourth-order valence-corrected chi connectivity index (χ4v) is 9.50. The fraction of sp³-hybridized carbons (Fsp3) is 0.556. The van der Waals surface area contributed by atoms with Crippen LogP contribution in [0.3, 0.4) is 0 Å². The van der Waals surface area contributed by atoms with Gasteiger partial charge in [0, 0.05) is 11.1 Å². The molecule has 0 atom stereocenters. The minimum absolute atomic E-state index is 0.0504.